The molecule has 0 fully saturated rings. The number of carbonyl (C=O) groups is 2. The van der Waals surface area contributed by atoms with E-state index in [2.05, 4.69) is 10.1 Å². The number of rotatable bonds is 3. The number of amides is 1. The van der Waals surface area contributed by atoms with E-state index in [1.807, 2.05) is 0 Å². The average molecular weight is 233 g/mol. The van der Waals surface area contributed by atoms with Crippen molar-refractivity contribution in [2.24, 2.45) is 0 Å². The Kier molecular flexibility index (Phi) is 5.23. The van der Waals surface area contributed by atoms with Gasteiger partial charge in [0.25, 0.3) is 0 Å². The van der Waals surface area contributed by atoms with Crippen LogP contribution in [0.15, 0.2) is 0 Å². The first-order chi connectivity index (χ1) is 7.11. The van der Waals surface area contributed by atoms with Gasteiger partial charge in [0.2, 0.25) is 0 Å². The molecule has 0 radical (unpaired) electrons. The SMILES string of the molecule is CC(O)OC(=O)C(C)NC(=O)OC(C)(C)C. The first-order valence-electron chi connectivity index (χ1n) is 5.00. The molecule has 0 aromatic rings. The van der Waals surface area contributed by atoms with E-state index in [1.54, 1.807) is 20.8 Å². The summed E-state index contributed by atoms with van der Waals surface area (Å²) in [7, 11) is 0. The summed E-state index contributed by atoms with van der Waals surface area (Å²) in [5.74, 6) is -0.721. The molecule has 0 saturated heterocycles. The van der Waals surface area contributed by atoms with E-state index >= 15 is 0 Å². The van der Waals surface area contributed by atoms with Crippen LogP contribution < -0.4 is 5.32 Å². The molecule has 2 unspecified atom stereocenters. The van der Waals surface area contributed by atoms with E-state index in [-0.39, 0.29) is 0 Å². The van der Waals surface area contributed by atoms with Crippen LogP contribution in [0.2, 0.25) is 0 Å². The van der Waals surface area contributed by atoms with Gasteiger partial charge in [-0.2, -0.15) is 0 Å². The third-order valence-electron chi connectivity index (χ3n) is 1.37. The lowest BCUT2D eigenvalue weighted by Crippen LogP contribution is -2.43. The Morgan fingerprint density at radius 2 is 1.75 bits per heavy atom. The van der Waals surface area contributed by atoms with Gasteiger partial charge in [0, 0.05) is 0 Å². The quantitative estimate of drug-likeness (QED) is 0.556. The molecule has 0 bridgehead atoms. The minimum absolute atomic E-state index is 0.627. The van der Waals surface area contributed by atoms with Crippen molar-refractivity contribution in [3.05, 3.63) is 0 Å². The van der Waals surface area contributed by atoms with Crippen molar-refractivity contribution in [1.29, 1.82) is 0 Å². The summed E-state index contributed by atoms with van der Waals surface area (Å²) < 4.78 is 9.43. The molecule has 0 spiro atoms. The maximum absolute atomic E-state index is 11.3. The van der Waals surface area contributed by atoms with Gasteiger partial charge in [-0.05, 0) is 34.6 Å². The number of carbonyl (C=O) groups excluding carboxylic acids is 2. The molecular formula is C10H19NO5. The highest BCUT2D eigenvalue weighted by molar-refractivity contribution is 5.81. The standard InChI is InChI=1S/C10H19NO5/c1-6(8(13)15-7(2)12)11-9(14)16-10(3,4)5/h6-7,12H,1-5H3,(H,11,14). The molecule has 2 N–H and O–H groups in total. The molecule has 6 nitrogen and oxygen atoms in total. The molecule has 0 heterocycles. The topological polar surface area (TPSA) is 84.9 Å². The van der Waals surface area contributed by atoms with Crippen molar-refractivity contribution in [2.45, 2.75) is 52.6 Å². The van der Waals surface area contributed by atoms with E-state index in [1.165, 1.54) is 13.8 Å². The van der Waals surface area contributed by atoms with Crippen molar-refractivity contribution < 1.29 is 24.2 Å². The maximum atomic E-state index is 11.3. The summed E-state index contributed by atoms with van der Waals surface area (Å²) >= 11 is 0. The lowest BCUT2D eigenvalue weighted by atomic mass is 10.2. The minimum atomic E-state index is -1.20. The molecule has 94 valence electrons. The van der Waals surface area contributed by atoms with Gasteiger partial charge in [0.1, 0.15) is 11.6 Å². The smallest absolute Gasteiger partial charge is 0.408 e. The summed E-state index contributed by atoms with van der Waals surface area (Å²) in [4.78, 5) is 22.5. The molecule has 6 heteroatoms. The van der Waals surface area contributed by atoms with Crippen LogP contribution in [0.4, 0.5) is 4.79 Å². The average Bonchev–Trinajstić information content (AvgIpc) is 1.98. The zero-order valence-corrected chi connectivity index (χ0v) is 10.2. The van der Waals surface area contributed by atoms with Crippen LogP contribution in [0.5, 0.6) is 0 Å². The molecule has 0 saturated carbocycles. The molecule has 0 rings (SSSR count). The second-order valence-corrected chi connectivity index (χ2v) is 4.40. The molecule has 2 atom stereocenters. The molecule has 0 aromatic heterocycles. The van der Waals surface area contributed by atoms with Crippen molar-refractivity contribution in [1.82, 2.24) is 5.32 Å². The highest BCUT2D eigenvalue weighted by atomic mass is 16.6. The Balaban J connectivity index is 4.09. The Morgan fingerprint density at radius 1 is 1.25 bits per heavy atom. The van der Waals surface area contributed by atoms with Crippen LogP contribution in [-0.2, 0) is 14.3 Å². The Hall–Kier alpha value is -1.30. The summed E-state index contributed by atoms with van der Waals surface area (Å²) in [6, 6.07) is -0.871. The second kappa shape index (κ2) is 5.69. The molecule has 0 aliphatic rings. The monoisotopic (exact) mass is 233 g/mol. The summed E-state index contributed by atoms with van der Waals surface area (Å²) in [5, 5.41) is 11.1. The van der Waals surface area contributed by atoms with Crippen LogP contribution in [0, 0.1) is 0 Å². The maximum Gasteiger partial charge on any atom is 0.408 e. The minimum Gasteiger partial charge on any atom is -0.444 e. The van der Waals surface area contributed by atoms with Crippen LogP contribution >= 0.6 is 0 Å². The van der Waals surface area contributed by atoms with Gasteiger partial charge in [-0.1, -0.05) is 0 Å². The summed E-state index contributed by atoms with van der Waals surface area (Å²) in [6.07, 6.45) is -1.90. The number of esters is 1. The second-order valence-electron chi connectivity index (χ2n) is 4.40. The van der Waals surface area contributed by atoms with Crippen LogP contribution in [0.25, 0.3) is 0 Å². The molecule has 0 aliphatic heterocycles. The number of alkyl carbamates (subject to hydrolysis) is 1. The van der Waals surface area contributed by atoms with Crippen LogP contribution in [-0.4, -0.2) is 35.1 Å². The predicted molar refractivity (Wildman–Crippen MR) is 56.6 cm³/mol. The van der Waals surface area contributed by atoms with Gasteiger partial charge < -0.3 is 19.9 Å². The number of nitrogens with one attached hydrogen (secondary N) is 1. The molecule has 0 aliphatic carbocycles. The van der Waals surface area contributed by atoms with Crippen LogP contribution in [0.1, 0.15) is 34.6 Å². The van der Waals surface area contributed by atoms with Crippen molar-refractivity contribution >= 4 is 12.1 Å². The molecular weight excluding hydrogens is 214 g/mol. The first kappa shape index (κ1) is 14.7. The van der Waals surface area contributed by atoms with Gasteiger partial charge in [-0.25, -0.2) is 9.59 Å². The fourth-order valence-electron chi connectivity index (χ4n) is 0.813. The number of aliphatic hydroxyl groups excluding tert-OH is 1. The fraction of sp³-hybridized carbons (Fsp3) is 0.800. The molecule has 1 amide bonds. The third kappa shape index (κ3) is 7.05. The first-order valence-corrected chi connectivity index (χ1v) is 5.00. The van der Waals surface area contributed by atoms with Gasteiger partial charge in [-0.15, -0.1) is 0 Å². The van der Waals surface area contributed by atoms with E-state index in [4.69, 9.17) is 9.84 Å². The number of ether oxygens (including phenoxy) is 2. The Bertz CT molecular complexity index is 256. The zero-order valence-electron chi connectivity index (χ0n) is 10.2. The zero-order chi connectivity index (χ0) is 12.9. The van der Waals surface area contributed by atoms with Crippen LogP contribution in [0.3, 0.4) is 0 Å². The Morgan fingerprint density at radius 3 is 2.12 bits per heavy atom. The van der Waals surface area contributed by atoms with Gasteiger partial charge in [-0.3, -0.25) is 0 Å². The van der Waals surface area contributed by atoms with Crippen molar-refractivity contribution in [3.8, 4) is 0 Å². The summed E-state index contributed by atoms with van der Waals surface area (Å²) in [5.41, 5.74) is -0.627. The van der Waals surface area contributed by atoms with Gasteiger partial charge in [0.05, 0.1) is 0 Å². The van der Waals surface area contributed by atoms with Gasteiger partial charge >= 0.3 is 12.1 Å². The van der Waals surface area contributed by atoms with E-state index in [0.717, 1.165) is 0 Å². The van der Waals surface area contributed by atoms with E-state index in [0.29, 0.717) is 0 Å². The highest BCUT2D eigenvalue weighted by Gasteiger charge is 2.22. The molecule has 16 heavy (non-hydrogen) atoms. The summed E-state index contributed by atoms with van der Waals surface area (Å²) in [6.45, 7) is 7.88. The van der Waals surface area contributed by atoms with E-state index < -0.39 is 30.0 Å². The lowest BCUT2D eigenvalue weighted by molar-refractivity contribution is -0.166. The number of hydrogen-bond donors (Lipinski definition) is 2. The largest absolute Gasteiger partial charge is 0.444 e. The lowest BCUT2D eigenvalue weighted by Gasteiger charge is -2.21. The number of hydrogen-bond acceptors (Lipinski definition) is 5. The van der Waals surface area contributed by atoms with Crippen molar-refractivity contribution in [3.63, 3.8) is 0 Å². The highest BCUT2D eigenvalue weighted by Crippen LogP contribution is 2.06. The Labute approximate surface area is 94.9 Å². The molecule has 0 aromatic carbocycles. The third-order valence-corrected chi connectivity index (χ3v) is 1.37. The van der Waals surface area contributed by atoms with E-state index in [9.17, 15) is 9.59 Å². The van der Waals surface area contributed by atoms with Crippen molar-refractivity contribution in [2.75, 3.05) is 0 Å². The van der Waals surface area contributed by atoms with Gasteiger partial charge in [0.15, 0.2) is 6.29 Å². The number of aliphatic hydroxyl groups is 1. The fourth-order valence-corrected chi connectivity index (χ4v) is 0.813. The predicted octanol–water partition coefficient (Wildman–Crippen LogP) is 0.781. The normalized spacial score (nSPS) is 14.9.